The van der Waals surface area contributed by atoms with Crippen molar-refractivity contribution in [1.82, 2.24) is 4.57 Å². The molecule has 2 heterocycles. The topological polar surface area (TPSA) is 81.0 Å². The molecule has 1 aliphatic rings. The summed E-state index contributed by atoms with van der Waals surface area (Å²) < 4.78 is 13.0. The average Bonchev–Trinajstić information content (AvgIpc) is 3.40. The predicted octanol–water partition coefficient (Wildman–Crippen LogP) is 6.25. The number of nitrogens with zero attached hydrogens (tertiary/aromatic N) is 2. The Hall–Kier alpha value is -4.52. The highest BCUT2D eigenvalue weighted by Crippen LogP contribution is 2.46. The molecule has 0 saturated carbocycles. The van der Waals surface area contributed by atoms with Crippen molar-refractivity contribution < 1.29 is 24.2 Å². The number of aliphatic hydroxyl groups excluding tert-OH is 1. The molecule has 39 heavy (non-hydrogen) atoms. The molecule has 1 amide bonds. The first-order valence-corrected chi connectivity index (χ1v) is 12.9. The Morgan fingerprint density at radius 3 is 2.41 bits per heavy atom. The highest BCUT2D eigenvalue weighted by molar-refractivity contribution is 6.52. The zero-order valence-electron chi connectivity index (χ0n) is 23.0. The molecule has 7 heteroatoms. The van der Waals surface area contributed by atoms with Gasteiger partial charge in [0.25, 0.3) is 11.7 Å². The lowest BCUT2D eigenvalue weighted by Crippen LogP contribution is -2.29. The summed E-state index contributed by atoms with van der Waals surface area (Å²) in [5, 5.41) is 12.7. The Balaban J connectivity index is 1.82. The highest BCUT2D eigenvalue weighted by atomic mass is 16.5. The summed E-state index contributed by atoms with van der Waals surface area (Å²) >= 11 is 0. The molecule has 0 bridgehead atoms. The fourth-order valence-electron chi connectivity index (χ4n) is 5.47. The SMILES string of the molecule is COc1cccc(N2C(=O)C(=O)/C(=C(/O)c3cc(C(C)C)c(OC)cc3C)C2c2cn(C)c3ccccc23)c1. The van der Waals surface area contributed by atoms with Gasteiger partial charge in [-0.15, -0.1) is 0 Å². The van der Waals surface area contributed by atoms with Gasteiger partial charge in [0.15, 0.2) is 0 Å². The molecule has 1 saturated heterocycles. The number of aliphatic hydroxyl groups is 1. The molecule has 1 unspecified atom stereocenters. The first kappa shape index (κ1) is 26.1. The number of carbonyl (C=O) groups is 2. The molecule has 1 fully saturated rings. The second-order valence-corrected chi connectivity index (χ2v) is 10.1. The van der Waals surface area contributed by atoms with Gasteiger partial charge in [0.05, 0.1) is 25.8 Å². The van der Waals surface area contributed by atoms with Crippen molar-refractivity contribution in [2.45, 2.75) is 32.7 Å². The van der Waals surface area contributed by atoms with Gasteiger partial charge in [0, 0.05) is 47.0 Å². The van der Waals surface area contributed by atoms with E-state index in [2.05, 4.69) is 0 Å². The second kappa shape index (κ2) is 9.98. The third-order valence-electron chi connectivity index (χ3n) is 7.45. The van der Waals surface area contributed by atoms with Gasteiger partial charge in [-0.05, 0) is 54.3 Å². The van der Waals surface area contributed by atoms with Crippen molar-refractivity contribution in [3.05, 3.63) is 94.7 Å². The second-order valence-electron chi connectivity index (χ2n) is 10.1. The Morgan fingerprint density at radius 1 is 0.974 bits per heavy atom. The molecule has 1 aliphatic heterocycles. The van der Waals surface area contributed by atoms with Crippen molar-refractivity contribution in [3.63, 3.8) is 0 Å². The van der Waals surface area contributed by atoms with Crippen molar-refractivity contribution in [2.75, 3.05) is 19.1 Å². The normalized spacial score (nSPS) is 16.9. The number of ether oxygens (including phenoxy) is 2. The minimum Gasteiger partial charge on any atom is -0.507 e. The third kappa shape index (κ3) is 4.24. The van der Waals surface area contributed by atoms with E-state index in [4.69, 9.17) is 9.47 Å². The molecule has 1 aromatic heterocycles. The smallest absolute Gasteiger partial charge is 0.300 e. The van der Waals surface area contributed by atoms with E-state index in [-0.39, 0.29) is 17.3 Å². The van der Waals surface area contributed by atoms with Crippen LogP contribution in [0.5, 0.6) is 11.5 Å². The number of ketones is 1. The van der Waals surface area contributed by atoms with Gasteiger partial charge < -0.3 is 19.1 Å². The monoisotopic (exact) mass is 524 g/mol. The molecule has 0 radical (unpaired) electrons. The minimum absolute atomic E-state index is 0.0437. The Bertz CT molecular complexity index is 1650. The van der Waals surface area contributed by atoms with Gasteiger partial charge >= 0.3 is 0 Å². The largest absolute Gasteiger partial charge is 0.507 e. The molecular formula is C32H32N2O5. The Kier molecular flexibility index (Phi) is 6.68. The zero-order valence-corrected chi connectivity index (χ0v) is 23.0. The predicted molar refractivity (Wildman–Crippen MR) is 153 cm³/mol. The summed E-state index contributed by atoms with van der Waals surface area (Å²) in [6, 6.07) is 17.7. The van der Waals surface area contributed by atoms with E-state index in [0.29, 0.717) is 22.7 Å². The van der Waals surface area contributed by atoms with Crippen LogP contribution in [0.1, 0.15) is 48.1 Å². The van der Waals surface area contributed by atoms with E-state index in [1.54, 1.807) is 38.5 Å². The van der Waals surface area contributed by atoms with E-state index < -0.39 is 17.7 Å². The standard InChI is InChI=1S/C32H32N2O5/c1-18(2)23-16-24(19(3)14-27(23)39-6)30(35)28-29(25-17-33(4)26-13-8-7-12-22(25)26)34(32(37)31(28)36)20-10-9-11-21(15-20)38-5/h7-18,29,35H,1-6H3/b30-28+. The zero-order chi connectivity index (χ0) is 28.0. The third-order valence-corrected chi connectivity index (χ3v) is 7.45. The van der Waals surface area contributed by atoms with Crippen LogP contribution in [0, 0.1) is 6.92 Å². The quantitative estimate of drug-likeness (QED) is 0.183. The van der Waals surface area contributed by atoms with Crippen LogP contribution in [0.25, 0.3) is 16.7 Å². The van der Waals surface area contributed by atoms with Crippen molar-refractivity contribution in [1.29, 1.82) is 0 Å². The molecular weight excluding hydrogens is 492 g/mol. The molecule has 4 aromatic rings. The number of fused-ring (bicyclic) bond motifs is 1. The number of methoxy groups -OCH3 is 2. The van der Waals surface area contributed by atoms with Crippen LogP contribution >= 0.6 is 0 Å². The summed E-state index contributed by atoms with van der Waals surface area (Å²) in [5.74, 6) is -0.286. The van der Waals surface area contributed by atoms with E-state index >= 15 is 0 Å². The molecule has 0 aliphatic carbocycles. The van der Waals surface area contributed by atoms with Gasteiger partial charge in [-0.1, -0.05) is 38.1 Å². The molecule has 5 rings (SSSR count). The highest BCUT2D eigenvalue weighted by Gasteiger charge is 2.48. The minimum atomic E-state index is -0.854. The summed E-state index contributed by atoms with van der Waals surface area (Å²) in [4.78, 5) is 28.9. The number of aryl methyl sites for hydroxylation is 2. The van der Waals surface area contributed by atoms with Gasteiger partial charge in [0.1, 0.15) is 17.3 Å². The summed E-state index contributed by atoms with van der Waals surface area (Å²) in [7, 11) is 5.08. The van der Waals surface area contributed by atoms with Crippen LogP contribution in [-0.4, -0.2) is 35.6 Å². The van der Waals surface area contributed by atoms with Crippen molar-refractivity contribution in [3.8, 4) is 11.5 Å². The summed E-state index contributed by atoms with van der Waals surface area (Å²) in [6.45, 7) is 5.93. The lowest BCUT2D eigenvalue weighted by Gasteiger charge is -2.25. The van der Waals surface area contributed by atoms with Crippen LogP contribution in [0.15, 0.2) is 72.4 Å². The molecule has 0 spiro atoms. The van der Waals surface area contributed by atoms with E-state index in [1.807, 2.05) is 75.0 Å². The van der Waals surface area contributed by atoms with Gasteiger partial charge in [-0.2, -0.15) is 0 Å². The number of benzene rings is 3. The summed E-state index contributed by atoms with van der Waals surface area (Å²) in [6.07, 6.45) is 1.92. The number of anilines is 1. The number of Topliss-reactive ketones (excluding diaryl/α,β-unsaturated/α-hetero) is 1. The van der Waals surface area contributed by atoms with Crippen molar-refractivity contribution in [2.24, 2.45) is 7.05 Å². The molecule has 200 valence electrons. The lowest BCUT2D eigenvalue weighted by molar-refractivity contribution is -0.132. The van der Waals surface area contributed by atoms with E-state index in [9.17, 15) is 14.7 Å². The molecule has 1 atom stereocenters. The van der Waals surface area contributed by atoms with E-state index in [0.717, 1.165) is 27.6 Å². The Labute approximate surface area is 227 Å². The van der Waals surface area contributed by atoms with Crippen LogP contribution in [0.3, 0.4) is 0 Å². The maximum atomic E-state index is 13.8. The van der Waals surface area contributed by atoms with Crippen LogP contribution in [-0.2, 0) is 16.6 Å². The molecule has 3 aromatic carbocycles. The number of rotatable bonds is 6. The average molecular weight is 525 g/mol. The maximum absolute atomic E-state index is 13.8. The maximum Gasteiger partial charge on any atom is 0.300 e. The van der Waals surface area contributed by atoms with Crippen LogP contribution in [0.4, 0.5) is 5.69 Å². The van der Waals surface area contributed by atoms with Gasteiger partial charge in [0.2, 0.25) is 0 Å². The van der Waals surface area contributed by atoms with Crippen LogP contribution in [0.2, 0.25) is 0 Å². The van der Waals surface area contributed by atoms with Crippen molar-refractivity contribution >= 4 is 34.0 Å². The number of amides is 1. The fourth-order valence-corrected chi connectivity index (χ4v) is 5.47. The van der Waals surface area contributed by atoms with E-state index in [1.165, 1.54) is 4.90 Å². The van der Waals surface area contributed by atoms with Gasteiger partial charge in [-0.25, -0.2) is 0 Å². The number of aromatic nitrogens is 1. The van der Waals surface area contributed by atoms with Crippen LogP contribution < -0.4 is 14.4 Å². The number of hydrogen-bond acceptors (Lipinski definition) is 5. The van der Waals surface area contributed by atoms with Gasteiger partial charge in [-0.3, -0.25) is 14.5 Å². The number of para-hydroxylation sites is 1. The first-order valence-electron chi connectivity index (χ1n) is 12.9. The molecule has 1 N–H and O–H groups in total. The number of hydrogen-bond donors (Lipinski definition) is 1. The Morgan fingerprint density at radius 2 is 1.72 bits per heavy atom. The summed E-state index contributed by atoms with van der Waals surface area (Å²) in [5.41, 5.74) is 4.36. The first-order chi connectivity index (χ1) is 18.7. The number of carbonyl (C=O) groups excluding carboxylic acids is 2. The lowest BCUT2D eigenvalue weighted by atomic mass is 9.91. The molecule has 7 nitrogen and oxygen atoms in total. The fraction of sp³-hybridized carbons (Fsp3) is 0.250.